The number of hydrogen-bond donors (Lipinski definition) is 2. The van der Waals surface area contributed by atoms with Crippen LogP contribution in [0, 0.1) is 11.3 Å². The summed E-state index contributed by atoms with van der Waals surface area (Å²) >= 11 is 18.0. The van der Waals surface area contributed by atoms with Crippen molar-refractivity contribution < 1.29 is 9.53 Å². The summed E-state index contributed by atoms with van der Waals surface area (Å²) in [6.45, 7) is 0.337. The molecule has 0 aliphatic rings. The van der Waals surface area contributed by atoms with Crippen LogP contribution >= 0.6 is 34.8 Å². The Morgan fingerprint density at radius 1 is 1.27 bits per heavy atom. The number of rotatable bonds is 7. The van der Waals surface area contributed by atoms with Crippen molar-refractivity contribution in [3.63, 3.8) is 0 Å². The van der Waals surface area contributed by atoms with Crippen LogP contribution < -0.4 is 15.4 Å². The second-order valence-electron chi connectivity index (χ2n) is 5.29. The van der Waals surface area contributed by atoms with Gasteiger partial charge in [-0.2, -0.15) is 5.26 Å². The Balaban J connectivity index is 1.95. The minimum Gasteiger partial charge on any atom is -0.495 e. The van der Waals surface area contributed by atoms with Crippen molar-refractivity contribution in [2.45, 2.75) is 12.5 Å². The summed E-state index contributed by atoms with van der Waals surface area (Å²) in [6, 6.07) is 11.2. The fourth-order valence-electron chi connectivity index (χ4n) is 2.29. The lowest BCUT2D eigenvalue weighted by atomic mass is 10.1. The second kappa shape index (κ2) is 9.54. The maximum absolute atomic E-state index is 12.2. The maximum Gasteiger partial charge on any atom is 0.223 e. The average Bonchev–Trinajstić information content (AvgIpc) is 2.62. The molecule has 0 spiro atoms. The Bertz CT molecular complexity index is 837. The first-order chi connectivity index (χ1) is 12.5. The number of methoxy groups -OCH3 is 1. The molecule has 2 aromatic carbocycles. The Morgan fingerprint density at radius 3 is 2.73 bits per heavy atom. The van der Waals surface area contributed by atoms with E-state index in [9.17, 15) is 10.1 Å². The van der Waals surface area contributed by atoms with Gasteiger partial charge in [-0.25, -0.2) is 0 Å². The fourth-order valence-corrected chi connectivity index (χ4v) is 2.87. The number of benzene rings is 2. The Morgan fingerprint density at radius 2 is 2.04 bits per heavy atom. The third-order valence-electron chi connectivity index (χ3n) is 3.56. The zero-order valence-corrected chi connectivity index (χ0v) is 16.1. The lowest BCUT2D eigenvalue weighted by molar-refractivity contribution is -0.121. The zero-order chi connectivity index (χ0) is 19.1. The minimum absolute atomic E-state index is 0.145. The molecule has 2 aromatic rings. The summed E-state index contributed by atoms with van der Waals surface area (Å²) in [7, 11) is 1.55. The molecule has 0 aromatic heterocycles. The molecule has 0 heterocycles. The largest absolute Gasteiger partial charge is 0.495 e. The number of anilines is 1. The summed E-state index contributed by atoms with van der Waals surface area (Å²) in [5.41, 5.74) is 1.14. The van der Waals surface area contributed by atoms with E-state index in [-0.39, 0.29) is 17.4 Å². The van der Waals surface area contributed by atoms with Crippen molar-refractivity contribution in [3.05, 3.63) is 57.0 Å². The van der Waals surface area contributed by atoms with Crippen LogP contribution in [-0.2, 0) is 4.79 Å². The van der Waals surface area contributed by atoms with E-state index >= 15 is 0 Å². The van der Waals surface area contributed by atoms with Gasteiger partial charge in [-0.3, -0.25) is 4.79 Å². The van der Waals surface area contributed by atoms with E-state index in [1.807, 2.05) is 6.07 Å². The van der Waals surface area contributed by atoms with Gasteiger partial charge in [0.05, 0.1) is 28.9 Å². The molecule has 26 heavy (non-hydrogen) atoms. The van der Waals surface area contributed by atoms with Crippen molar-refractivity contribution in [1.29, 1.82) is 5.26 Å². The van der Waals surface area contributed by atoms with Gasteiger partial charge in [0.25, 0.3) is 0 Å². The zero-order valence-electron chi connectivity index (χ0n) is 13.9. The minimum atomic E-state index is -0.880. The topological polar surface area (TPSA) is 74.2 Å². The van der Waals surface area contributed by atoms with E-state index in [2.05, 4.69) is 10.6 Å². The molecule has 8 heteroatoms. The Kier molecular flexibility index (Phi) is 7.40. The predicted molar refractivity (Wildman–Crippen MR) is 104 cm³/mol. The number of carbonyl (C=O) groups excluding carboxylic acids is 1. The van der Waals surface area contributed by atoms with Crippen LogP contribution in [-0.4, -0.2) is 19.6 Å². The van der Waals surface area contributed by atoms with Gasteiger partial charge < -0.3 is 15.4 Å². The van der Waals surface area contributed by atoms with Crippen LogP contribution in [0.25, 0.3) is 0 Å². The molecule has 136 valence electrons. The van der Waals surface area contributed by atoms with E-state index in [1.165, 1.54) is 0 Å². The maximum atomic E-state index is 12.2. The van der Waals surface area contributed by atoms with Gasteiger partial charge in [-0.05, 0) is 24.3 Å². The summed E-state index contributed by atoms with van der Waals surface area (Å²) in [4.78, 5) is 12.2. The molecule has 0 aliphatic heterocycles. The van der Waals surface area contributed by atoms with Crippen LogP contribution in [0.4, 0.5) is 5.69 Å². The normalized spacial score (nSPS) is 11.3. The van der Waals surface area contributed by atoms with Gasteiger partial charge in [0.1, 0.15) is 11.8 Å². The number of nitriles is 1. The molecule has 0 aliphatic carbocycles. The molecule has 1 atom stereocenters. The van der Waals surface area contributed by atoms with Gasteiger partial charge >= 0.3 is 0 Å². The Hall–Kier alpha value is -2.13. The first-order valence-corrected chi connectivity index (χ1v) is 8.80. The number of halogens is 3. The van der Waals surface area contributed by atoms with Crippen molar-refractivity contribution in [2.24, 2.45) is 0 Å². The van der Waals surface area contributed by atoms with E-state index in [1.54, 1.807) is 43.5 Å². The molecule has 0 fully saturated rings. The van der Waals surface area contributed by atoms with Crippen LogP contribution in [0.5, 0.6) is 5.75 Å². The monoisotopic (exact) mass is 411 g/mol. The lowest BCUT2D eigenvalue weighted by Gasteiger charge is -2.15. The number of carbonyl (C=O) groups is 1. The molecular formula is C18H16Cl3N3O2. The van der Waals surface area contributed by atoms with Gasteiger partial charge in [-0.1, -0.05) is 46.9 Å². The quantitative estimate of drug-likeness (QED) is 0.682. The summed E-state index contributed by atoms with van der Waals surface area (Å²) in [5.74, 6) is 0.316. The third kappa shape index (κ3) is 5.18. The average molecular weight is 413 g/mol. The van der Waals surface area contributed by atoms with E-state index in [0.29, 0.717) is 33.6 Å². The molecule has 0 radical (unpaired) electrons. The number of nitrogens with zero attached hydrogens (tertiary/aromatic N) is 1. The first-order valence-electron chi connectivity index (χ1n) is 7.66. The van der Waals surface area contributed by atoms with E-state index in [4.69, 9.17) is 39.5 Å². The first kappa shape index (κ1) is 20.2. The van der Waals surface area contributed by atoms with Crippen molar-refractivity contribution in [2.75, 3.05) is 19.0 Å². The summed E-state index contributed by atoms with van der Waals surface area (Å²) in [6.07, 6.45) is 0.145. The molecule has 5 nitrogen and oxygen atoms in total. The van der Waals surface area contributed by atoms with Gasteiger partial charge in [-0.15, -0.1) is 0 Å². The predicted octanol–water partition coefficient (Wildman–Crippen LogP) is 4.84. The highest BCUT2D eigenvalue weighted by Crippen LogP contribution is 2.30. The molecule has 1 unspecified atom stereocenters. The molecule has 1 amide bonds. The number of hydrogen-bond acceptors (Lipinski definition) is 4. The van der Waals surface area contributed by atoms with Crippen LogP contribution in [0.3, 0.4) is 0 Å². The highest BCUT2D eigenvalue weighted by molar-refractivity contribution is 6.42. The molecule has 0 bridgehead atoms. The van der Waals surface area contributed by atoms with Crippen LogP contribution in [0.2, 0.25) is 15.1 Å². The standard InChI is InChI=1S/C18H16Cl3N3O2/c1-26-16-6-5-11(19)9-14(16)23-8-7-17(25)24-15(10-22)12-3-2-4-13(20)18(12)21/h2-6,9,15,23H,7-8H2,1H3,(H,24,25). The molecule has 2 rings (SSSR count). The van der Waals surface area contributed by atoms with Gasteiger partial charge in [0, 0.05) is 23.6 Å². The fraction of sp³-hybridized carbons (Fsp3) is 0.222. The second-order valence-corrected chi connectivity index (χ2v) is 6.52. The van der Waals surface area contributed by atoms with E-state index in [0.717, 1.165) is 0 Å². The van der Waals surface area contributed by atoms with E-state index < -0.39 is 6.04 Å². The van der Waals surface area contributed by atoms with Crippen molar-refractivity contribution in [1.82, 2.24) is 5.32 Å². The highest BCUT2D eigenvalue weighted by atomic mass is 35.5. The smallest absolute Gasteiger partial charge is 0.223 e. The van der Waals surface area contributed by atoms with Gasteiger partial charge in [0.15, 0.2) is 0 Å². The Labute approximate surface area is 166 Å². The van der Waals surface area contributed by atoms with Crippen molar-refractivity contribution >= 4 is 46.4 Å². The molecule has 2 N–H and O–H groups in total. The summed E-state index contributed by atoms with van der Waals surface area (Å²) in [5, 5.41) is 16.2. The molecule has 0 saturated carbocycles. The van der Waals surface area contributed by atoms with Crippen LogP contribution in [0.1, 0.15) is 18.0 Å². The number of ether oxygens (including phenoxy) is 1. The molecule has 0 saturated heterocycles. The number of nitrogens with one attached hydrogen (secondary N) is 2. The summed E-state index contributed by atoms with van der Waals surface area (Å²) < 4.78 is 5.23. The van der Waals surface area contributed by atoms with Crippen LogP contribution in [0.15, 0.2) is 36.4 Å². The SMILES string of the molecule is COc1ccc(Cl)cc1NCCC(=O)NC(C#N)c1cccc(Cl)c1Cl. The van der Waals surface area contributed by atoms with Gasteiger partial charge in [0.2, 0.25) is 5.91 Å². The molecular weight excluding hydrogens is 397 g/mol. The lowest BCUT2D eigenvalue weighted by Crippen LogP contribution is -2.29. The van der Waals surface area contributed by atoms with Crippen molar-refractivity contribution in [3.8, 4) is 11.8 Å². The third-order valence-corrected chi connectivity index (χ3v) is 4.62. The highest BCUT2D eigenvalue weighted by Gasteiger charge is 2.18. The number of amides is 1.